The Morgan fingerprint density at radius 1 is 1.10 bits per heavy atom. The van der Waals surface area contributed by atoms with Crippen molar-refractivity contribution in [2.75, 3.05) is 36.6 Å². The molecule has 10 nitrogen and oxygen atoms in total. The third kappa shape index (κ3) is 7.45. The zero-order chi connectivity index (χ0) is 23.0. The number of anilines is 2. The van der Waals surface area contributed by atoms with E-state index in [1.807, 2.05) is 0 Å². The summed E-state index contributed by atoms with van der Waals surface area (Å²) in [6.45, 7) is 2.94. The van der Waals surface area contributed by atoms with E-state index in [1.54, 1.807) is 0 Å². The van der Waals surface area contributed by atoms with Crippen LogP contribution in [0.4, 0.5) is 11.4 Å². The Hall–Kier alpha value is -3.34. The van der Waals surface area contributed by atoms with E-state index in [9.17, 15) is 24.0 Å². The Kier molecular flexibility index (Phi) is 8.62. The first kappa shape index (κ1) is 23.9. The summed E-state index contributed by atoms with van der Waals surface area (Å²) in [5.74, 6) is -1.78. The molecule has 2 rings (SSSR count). The average molecular weight is 449 g/mol. The van der Waals surface area contributed by atoms with Gasteiger partial charge in [-0.15, -0.1) is 0 Å². The molecular weight excluding hydrogens is 426 g/mol. The molecule has 3 amide bonds. The van der Waals surface area contributed by atoms with Crippen molar-refractivity contribution in [2.45, 2.75) is 20.3 Å². The van der Waals surface area contributed by atoms with E-state index in [1.165, 1.54) is 61.9 Å². The molecule has 11 heteroatoms. The molecule has 0 aliphatic carbocycles. The molecule has 0 bridgehead atoms. The number of nitrogens with one attached hydrogen (secondary N) is 2. The van der Waals surface area contributed by atoms with E-state index < -0.39 is 11.9 Å². The number of amides is 3. The number of benzene rings is 1. The summed E-state index contributed by atoms with van der Waals surface area (Å²) in [5, 5.41) is 5.61. The van der Waals surface area contributed by atoms with Crippen molar-refractivity contribution >= 4 is 52.8 Å². The molecule has 0 unspecified atom stereocenters. The number of nitrogens with zero attached hydrogens (tertiary/aromatic N) is 1. The van der Waals surface area contributed by atoms with Crippen molar-refractivity contribution in [1.29, 1.82) is 0 Å². The molecule has 1 aliphatic rings. The van der Waals surface area contributed by atoms with Crippen molar-refractivity contribution in [3.8, 4) is 0 Å². The van der Waals surface area contributed by atoms with Crippen molar-refractivity contribution < 1.29 is 33.4 Å². The summed E-state index contributed by atoms with van der Waals surface area (Å²) in [5.41, 5.74) is 0.819. The number of carbonyl (C=O) groups is 5. The lowest BCUT2D eigenvalue weighted by molar-refractivity contribution is -0.135. The minimum atomic E-state index is -0.647. The van der Waals surface area contributed by atoms with Crippen LogP contribution in [0, 0.1) is 0 Å². The quantitative estimate of drug-likeness (QED) is 0.349. The van der Waals surface area contributed by atoms with Gasteiger partial charge in [-0.2, -0.15) is 0 Å². The summed E-state index contributed by atoms with van der Waals surface area (Å²) < 4.78 is 9.84. The van der Waals surface area contributed by atoms with Gasteiger partial charge in [0.25, 0.3) is 0 Å². The fourth-order valence-electron chi connectivity index (χ4n) is 2.70. The van der Waals surface area contributed by atoms with Gasteiger partial charge in [0.05, 0.1) is 36.1 Å². The molecule has 1 aromatic carbocycles. The molecule has 0 radical (unpaired) electrons. The Bertz CT molecular complexity index is 895. The van der Waals surface area contributed by atoms with E-state index >= 15 is 0 Å². The highest BCUT2D eigenvalue weighted by Crippen LogP contribution is 2.29. The van der Waals surface area contributed by atoms with E-state index in [0.29, 0.717) is 22.8 Å². The summed E-state index contributed by atoms with van der Waals surface area (Å²) in [6.07, 6.45) is 1.60. The topological polar surface area (TPSA) is 131 Å². The minimum Gasteiger partial charge on any atom is -0.466 e. The molecular formula is C20H23N3O7S. The monoisotopic (exact) mass is 449 g/mol. The van der Waals surface area contributed by atoms with Crippen molar-refractivity contribution in [3.63, 3.8) is 0 Å². The van der Waals surface area contributed by atoms with Crippen LogP contribution in [0.1, 0.15) is 30.6 Å². The van der Waals surface area contributed by atoms with E-state index in [4.69, 9.17) is 4.74 Å². The van der Waals surface area contributed by atoms with Crippen LogP contribution in [0.5, 0.6) is 0 Å². The normalized spacial score (nSPS) is 14.4. The number of thioether (sulfide) groups is 1. The summed E-state index contributed by atoms with van der Waals surface area (Å²) in [7, 11) is 1.25. The second-order valence-electron chi connectivity index (χ2n) is 6.49. The van der Waals surface area contributed by atoms with Crippen molar-refractivity contribution in [3.05, 3.63) is 34.9 Å². The Morgan fingerprint density at radius 3 is 2.26 bits per heavy atom. The van der Waals surface area contributed by atoms with Gasteiger partial charge in [0.1, 0.15) is 0 Å². The maximum absolute atomic E-state index is 12.4. The lowest BCUT2D eigenvalue weighted by Crippen LogP contribution is -2.27. The number of hydrogen-bond acceptors (Lipinski definition) is 8. The zero-order valence-electron chi connectivity index (χ0n) is 17.4. The second kappa shape index (κ2) is 11.2. The van der Waals surface area contributed by atoms with Crippen molar-refractivity contribution in [2.24, 2.45) is 0 Å². The molecule has 1 fully saturated rings. The maximum atomic E-state index is 12.4. The van der Waals surface area contributed by atoms with Gasteiger partial charge in [-0.3, -0.25) is 14.4 Å². The SMILES string of the molecule is COC(=O)/C=C1/SCC(=O)N1CCCOC(=O)c1cc(NC(C)=O)cc(NC(C)=O)c1. The predicted octanol–water partition coefficient (Wildman–Crippen LogP) is 1.74. The van der Waals surface area contributed by atoms with Crippen LogP contribution in [0.25, 0.3) is 0 Å². The predicted molar refractivity (Wildman–Crippen MR) is 114 cm³/mol. The van der Waals surface area contributed by atoms with Crippen LogP contribution in [0.2, 0.25) is 0 Å². The molecule has 31 heavy (non-hydrogen) atoms. The summed E-state index contributed by atoms with van der Waals surface area (Å²) >= 11 is 1.24. The van der Waals surface area contributed by atoms with Crippen LogP contribution < -0.4 is 10.6 Å². The summed E-state index contributed by atoms with van der Waals surface area (Å²) in [6, 6.07) is 4.39. The third-order valence-electron chi connectivity index (χ3n) is 3.92. The molecule has 1 heterocycles. The molecule has 0 atom stereocenters. The van der Waals surface area contributed by atoms with Crippen LogP contribution in [0.3, 0.4) is 0 Å². The highest BCUT2D eigenvalue weighted by atomic mass is 32.2. The fourth-order valence-corrected chi connectivity index (χ4v) is 3.65. The van der Waals surface area contributed by atoms with Gasteiger partial charge in [-0.05, 0) is 24.6 Å². The van der Waals surface area contributed by atoms with Gasteiger partial charge in [-0.25, -0.2) is 9.59 Å². The number of carbonyl (C=O) groups excluding carboxylic acids is 5. The average Bonchev–Trinajstić information content (AvgIpc) is 3.03. The van der Waals surface area contributed by atoms with Crippen LogP contribution in [0.15, 0.2) is 29.3 Å². The zero-order valence-corrected chi connectivity index (χ0v) is 18.2. The van der Waals surface area contributed by atoms with Crippen molar-refractivity contribution in [1.82, 2.24) is 4.90 Å². The number of methoxy groups -OCH3 is 1. The largest absolute Gasteiger partial charge is 0.466 e. The van der Waals surface area contributed by atoms with Crippen LogP contribution in [-0.2, 0) is 28.7 Å². The van der Waals surface area contributed by atoms with Gasteiger partial charge < -0.3 is 25.0 Å². The Balaban J connectivity index is 1.98. The fraction of sp³-hybridized carbons (Fsp3) is 0.350. The van der Waals surface area contributed by atoms with E-state index in [0.717, 1.165) is 0 Å². The number of ether oxygens (including phenoxy) is 2. The van der Waals surface area contributed by atoms with E-state index in [2.05, 4.69) is 15.4 Å². The standard InChI is InChI=1S/C20H23N3O7S/c1-12(24)21-15-7-14(8-16(9-15)22-13(2)25)20(28)30-6-4-5-23-17(26)11-31-18(23)10-19(27)29-3/h7-10H,4-6,11H2,1-3H3,(H,21,24)(H,22,25)/b18-10+. The van der Waals surface area contributed by atoms with Gasteiger partial charge in [0, 0.05) is 31.8 Å². The first-order chi connectivity index (χ1) is 14.7. The minimum absolute atomic E-state index is 0.0264. The number of rotatable bonds is 8. The molecule has 0 spiro atoms. The molecule has 166 valence electrons. The first-order valence-electron chi connectivity index (χ1n) is 9.29. The highest BCUT2D eigenvalue weighted by molar-refractivity contribution is 8.04. The maximum Gasteiger partial charge on any atom is 0.338 e. The van der Waals surface area contributed by atoms with Crippen LogP contribution >= 0.6 is 11.8 Å². The smallest absolute Gasteiger partial charge is 0.338 e. The lowest BCUT2D eigenvalue weighted by Gasteiger charge is -2.16. The third-order valence-corrected chi connectivity index (χ3v) is 4.95. The molecule has 0 aromatic heterocycles. The van der Waals surface area contributed by atoms with Gasteiger partial charge in [0.2, 0.25) is 17.7 Å². The second-order valence-corrected chi connectivity index (χ2v) is 7.49. The van der Waals surface area contributed by atoms with Crippen LogP contribution in [-0.4, -0.2) is 60.6 Å². The Labute approximate surface area is 183 Å². The molecule has 1 aliphatic heterocycles. The van der Waals surface area contributed by atoms with Gasteiger partial charge in [-0.1, -0.05) is 11.8 Å². The molecule has 1 aromatic rings. The molecule has 0 saturated carbocycles. The molecule has 2 N–H and O–H groups in total. The molecule has 1 saturated heterocycles. The first-order valence-corrected chi connectivity index (χ1v) is 10.3. The summed E-state index contributed by atoms with van der Waals surface area (Å²) in [4.78, 5) is 59.9. The lowest BCUT2D eigenvalue weighted by atomic mass is 10.1. The van der Waals surface area contributed by atoms with Gasteiger partial charge in [0.15, 0.2) is 0 Å². The number of esters is 2. The van der Waals surface area contributed by atoms with E-state index in [-0.39, 0.29) is 42.2 Å². The highest BCUT2D eigenvalue weighted by Gasteiger charge is 2.27. The van der Waals surface area contributed by atoms with Gasteiger partial charge >= 0.3 is 11.9 Å². The number of hydrogen-bond donors (Lipinski definition) is 2. The Morgan fingerprint density at radius 2 is 1.71 bits per heavy atom.